The molecule has 1 aromatic heterocycles. The Morgan fingerprint density at radius 1 is 1.48 bits per heavy atom. The fraction of sp³-hybridized carbons (Fsp3) is 0.812. The van der Waals surface area contributed by atoms with Gasteiger partial charge in [0.2, 0.25) is 0 Å². The number of rotatable bonds is 4. The van der Waals surface area contributed by atoms with Crippen molar-refractivity contribution in [1.82, 2.24) is 10.3 Å². The molecule has 1 spiro atoms. The number of thioether (sulfide) groups is 1. The van der Waals surface area contributed by atoms with E-state index in [1.54, 1.807) is 0 Å². The zero-order chi connectivity index (χ0) is 14.7. The molecular formula is C16H26N2OS2. The van der Waals surface area contributed by atoms with Crippen LogP contribution in [0.3, 0.4) is 0 Å². The Morgan fingerprint density at radius 3 is 2.95 bits per heavy atom. The van der Waals surface area contributed by atoms with Crippen LogP contribution in [0.15, 0.2) is 6.20 Å². The summed E-state index contributed by atoms with van der Waals surface area (Å²) in [6, 6.07) is 0.455. The number of hydrogen-bond acceptors (Lipinski definition) is 5. The molecular weight excluding hydrogens is 300 g/mol. The van der Waals surface area contributed by atoms with E-state index in [1.165, 1.54) is 47.1 Å². The molecule has 21 heavy (non-hydrogen) atoms. The lowest BCUT2D eigenvalue weighted by molar-refractivity contribution is -0.107. The third-order valence-corrected chi connectivity index (χ3v) is 6.76. The molecule has 3 rings (SSSR count). The van der Waals surface area contributed by atoms with Gasteiger partial charge in [0.05, 0.1) is 10.6 Å². The fourth-order valence-corrected chi connectivity index (χ4v) is 5.87. The Labute approximate surface area is 136 Å². The number of aromatic nitrogens is 1. The Bertz CT molecular complexity index is 451. The van der Waals surface area contributed by atoms with Gasteiger partial charge in [-0.1, -0.05) is 6.92 Å². The van der Waals surface area contributed by atoms with Gasteiger partial charge in [0.15, 0.2) is 0 Å². The normalized spacial score (nSPS) is 26.9. The third kappa shape index (κ3) is 3.63. The first-order chi connectivity index (χ1) is 10.2. The van der Waals surface area contributed by atoms with E-state index in [2.05, 4.69) is 42.1 Å². The van der Waals surface area contributed by atoms with Crippen LogP contribution in [0.4, 0.5) is 0 Å². The maximum Gasteiger partial charge on any atom is 0.0897 e. The molecule has 1 aromatic rings. The van der Waals surface area contributed by atoms with Gasteiger partial charge in [-0.15, -0.1) is 11.3 Å². The van der Waals surface area contributed by atoms with Gasteiger partial charge in [0.25, 0.3) is 0 Å². The van der Waals surface area contributed by atoms with Crippen LogP contribution in [0.5, 0.6) is 0 Å². The largest absolute Gasteiger partial charge is 0.375 e. The highest BCUT2D eigenvalue weighted by molar-refractivity contribution is 7.99. The van der Waals surface area contributed by atoms with Gasteiger partial charge in [-0.25, -0.2) is 4.98 Å². The summed E-state index contributed by atoms with van der Waals surface area (Å²) in [5.41, 5.74) is 0.168. The average Bonchev–Trinajstić information content (AvgIpc) is 2.92. The van der Waals surface area contributed by atoms with Crippen LogP contribution in [0.2, 0.25) is 0 Å². The molecule has 0 radical (unpaired) electrons. The van der Waals surface area contributed by atoms with Crippen molar-refractivity contribution in [3.63, 3.8) is 0 Å². The lowest BCUT2D eigenvalue weighted by atomic mass is 9.78. The summed E-state index contributed by atoms with van der Waals surface area (Å²) in [5.74, 6) is 3.21. The summed E-state index contributed by atoms with van der Waals surface area (Å²) in [7, 11) is 0. The van der Waals surface area contributed by atoms with E-state index in [0.717, 1.165) is 13.2 Å². The van der Waals surface area contributed by atoms with Crippen LogP contribution >= 0.6 is 23.1 Å². The monoisotopic (exact) mass is 326 g/mol. The standard InChI is InChI=1S/C16H26N2OS2/c1-3-17-15(14-11-18-12(2)21-14)13-4-7-19-16(10-13)5-8-20-9-6-16/h11,13,15,17H,3-10H2,1-2H3. The highest BCUT2D eigenvalue weighted by Gasteiger charge is 2.41. The predicted molar refractivity (Wildman–Crippen MR) is 91.2 cm³/mol. The summed E-state index contributed by atoms with van der Waals surface area (Å²) >= 11 is 3.92. The molecule has 0 amide bonds. The maximum absolute atomic E-state index is 6.25. The topological polar surface area (TPSA) is 34.2 Å². The summed E-state index contributed by atoms with van der Waals surface area (Å²) in [6.45, 7) is 6.24. The second-order valence-electron chi connectivity index (χ2n) is 6.21. The minimum Gasteiger partial charge on any atom is -0.375 e. The molecule has 2 atom stereocenters. The van der Waals surface area contributed by atoms with Gasteiger partial charge in [-0.3, -0.25) is 0 Å². The van der Waals surface area contributed by atoms with Crippen LogP contribution < -0.4 is 5.32 Å². The first-order valence-corrected chi connectivity index (χ1v) is 10.1. The summed E-state index contributed by atoms with van der Waals surface area (Å²) in [4.78, 5) is 5.87. The number of nitrogens with one attached hydrogen (secondary N) is 1. The van der Waals surface area contributed by atoms with Gasteiger partial charge in [-0.05, 0) is 56.6 Å². The van der Waals surface area contributed by atoms with Crippen LogP contribution in [0, 0.1) is 12.8 Å². The molecule has 2 saturated heterocycles. The smallest absolute Gasteiger partial charge is 0.0897 e. The van der Waals surface area contributed by atoms with Gasteiger partial charge in [0, 0.05) is 23.7 Å². The molecule has 0 saturated carbocycles. The SMILES string of the molecule is CCNC(c1cnc(C)s1)C1CCOC2(CCSCC2)C1. The van der Waals surface area contributed by atoms with E-state index < -0.39 is 0 Å². The number of aryl methyl sites for hydroxylation is 1. The second kappa shape index (κ2) is 6.99. The Hall–Kier alpha value is -0.100. The number of ether oxygens (including phenoxy) is 1. The minimum atomic E-state index is 0.168. The van der Waals surface area contributed by atoms with Gasteiger partial charge < -0.3 is 10.1 Å². The highest BCUT2D eigenvalue weighted by atomic mass is 32.2. The highest BCUT2D eigenvalue weighted by Crippen LogP contribution is 2.44. The van der Waals surface area contributed by atoms with Crippen molar-refractivity contribution in [2.45, 2.75) is 51.2 Å². The molecule has 118 valence electrons. The van der Waals surface area contributed by atoms with Gasteiger partial charge in [0.1, 0.15) is 0 Å². The van der Waals surface area contributed by atoms with Crippen molar-refractivity contribution < 1.29 is 4.74 Å². The van der Waals surface area contributed by atoms with Crippen molar-refractivity contribution in [2.24, 2.45) is 5.92 Å². The van der Waals surface area contributed by atoms with Crippen molar-refractivity contribution in [2.75, 3.05) is 24.7 Å². The van der Waals surface area contributed by atoms with Crippen LogP contribution in [0.1, 0.15) is 48.5 Å². The minimum absolute atomic E-state index is 0.168. The quantitative estimate of drug-likeness (QED) is 0.913. The van der Waals surface area contributed by atoms with E-state index >= 15 is 0 Å². The Kier molecular flexibility index (Phi) is 5.25. The lowest BCUT2D eigenvalue weighted by Gasteiger charge is -2.45. The second-order valence-corrected chi connectivity index (χ2v) is 8.70. The van der Waals surface area contributed by atoms with Crippen molar-refractivity contribution in [1.29, 1.82) is 0 Å². The van der Waals surface area contributed by atoms with E-state index in [9.17, 15) is 0 Å². The first kappa shape index (κ1) is 15.8. The van der Waals surface area contributed by atoms with Crippen LogP contribution in [-0.2, 0) is 4.74 Å². The molecule has 5 heteroatoms. The van der Waals surface area contributed by atoms with Crippen molar-refractivity contribution >= 4 is 23.1 Å². The zero-order valence-electron chi connectivity index (χ0n) is 13.1. The summed E-state index contributed by atoms with van der Waals surface area (Å²) < 4.78 is 6.25. The third-order valence-electron chi connectivity index (χ3n) is 4.78. The summed E-state index contributed by atoms with van der Waals surface area (Å²) in [5, 5.41) is 4.88. The first-order valence-electron chi connectivity index (χ1n) is 8.10. The number of thiazole rings is 1. The van der Waals surface area contributed by atoms with Crippen molar-refractivity contribution in [3.05, 3.63) is 16.1 Å². The van der Waals surface area contributed by atoms with Crippen LogP contribution in [0.25, 0.3) is 0 Å². The van der Waals surface area contributed by atoms with E-state index in [-0.39, 0.29) is 5.60 Å². The zero-order valence-corrected chi connectivity index (χ0v) is 14.7. The van der Waals surface area contributed by atoms with E-state index in [1.807, 2.05) is 11.3 Å². The molecule has 0 aromatic carbocycles. The fourth-order valence-electron chi connectivity index (χ4n) is 3.68. The molecule has 0 bridgehead atoms. The predicted octanol–water partition coefficient (Wildman–Crippen LogP) is 3.79. The van der Waals surface area contributed by atoms with E-state index in [0.29, 0.717) is 12.0 Å². The Balaban J connectivity index is 1.75. The molecule has 2 aliphatic heterocycles. The maximum atomic E-state index is 6.25. The molecule has 2 aliphatic rings. The molecule has 2 fully saturated rings. The van der Waals surface area contributed by atoms with Crippen molar-refractivity contribution in [3.8, 4) is 0 Å². The summed E-state index contributed by atoms with van der Waals surface area (Å²) in [6.07, 6.45) is 6.92. The molecule has 0 aliphatic carbocycles. The molecule has 1 N–H and O–H groups in total. The van der Waals surface area contributed by atoms with Crippen LogP contribution in [-0.4, -0.2) is 35.2 Å². The lowest BCUT2D eigenvalue weighted by Crippen LogP contribution is -2.45. The molecule has 3 nitrogen and oxygen atoms in total. The molecule has 2 unspecified atom stereocenters. The van der Waals surface area contributed by atoms with Gasteiger partial charge >= 0.3 is 0 Å². The molecule has 3 heterocycles. The Morgan fingerprint density at radius 2 is 2.29 bits per heavy atom. The van der Waals surface area contributed by atoms with Gasteiger partial charge in [-0.2, -0.15) is 11.8 Å². The number of hydrogen-bond donors (Lipinski definition) is 1. The average molecular weight is 327 g/mol. The number of nitrogens with zero attached hydrogens (tertiary/aromatic N) is 1. The van der Waals surface area contributed by atoms with E-state index in [4.69, 9.17) is 4.74 Å².